The summed E-state index contributed by atoms with van der Waals surface area (Å²) >= 11 is 0. The summed E-state index contributed by atoms with van der Waals surface area (Å²) in [5.74, 6) is 0.612. The van der Waals surface area contributed by atoms with Gasteiger partial charge < -0.3 is 14.5 Å². The number of carbonyl (C=O) groups is 1. The molecule has 1 amide bonds. The Morgan fingerprint density at radius 3 is 2.28 bits per heavy atom. The fraction of sp³-hybridized carbons (Fsp3) is 0.567. The van der Waals surface area contributed by atoms with E-state index >= 15 is 0 Å². The van der Waals surface area contributed by atoms with Crippen molar-refractivity contribution in [2.24, 2.45) is 0 Å². The molecule has 2 saturated heterocycles. The summed E-state index contributed by atoms with van der Waals surface area (Å²) in [6, 6.07) is 13.1. The molecule has 2 heterocycles. The van der Waals surface area contributed by atoms with E-state index in [-0.39, 0.29) is 28.7 Å². The van der Waals surface area contributed by atoms with Crippen LogP contribution in [0.4, 0.5) is 15.8 Å². The average molecular weight is 541 g/mol. The largest absolute Gasteiger partial charge is 0.490 e. The van der Waals surface area contributed by atoms with Crippen LogP contribution in [0.25, 0.3) is 0 Å². The minimum Gasteiger partial charge on any atom is -0.490 e. The molecule has 2 aromatic rings. The lowest BCUT2D eigenvalue weighted by molar-refractivity contribution is -0.385. The summed E-state index contributed by atoms with van der Waals surface area (Å²) in [6.45, 7) is 12.0. The van der Waals surface area contributed by atoms with Gasteiger partial charge in [-0.3, -0.25) is 19.8 Å². The van der Waals surface area contributed by atoms with Gasteiger partial charge in [-0.25, -0.2) is 4.39 Å². The third kappa shape index (κ3) is 7.68. The molecular formula is C30H41FN4O4. The van der Waals surface area contributed by atoms with Crippen LogP contribution in [-0.4, -0.2) is 72.5 Å². The fourth-order valence-corrected chi connectivity index (χ4v) is 5.35. The lowest BCUT2D eigenvalue weighted by Gasteiger charge is -2.36. The van der Waals surface area contributed by atoms with Crippen LogP contribution in [0.1, 0.15) is 57.6 Å². The van der Waals surface area contributed by atoms with Crippen LogP contribution >= 0.6 is 0 Å². The van der Waals surface area contributed by atoms with Crippen LogP contribution in [0.15, 0.2) is 42.5 Å². The van der Waals surface area contributed by atoms with Crippen LogP contribution in [-0.2, 0) is 16.9 Å². The van der Waals surface area contributed by atoms with Crippen molar-refractivity contribution in [1.82, 2.24) is 9.80 Å². The second kappa shape index (κ2) is 12.8. The van der Waals surface area contributed by atoms with E-state index in [1.165, 1.54) is 29.4 Å². The van der Waals surface area contributed by atoms with Gasteiger partial charge in [0.15, 0.2) is 0 Å². The van der Waals surface area contributed by atoms with Crippen molar-refractivity contribution in [1.29, 1.82) is 0 Å². The Balaban J connectivity index is 1.14. The molecule has 2 aliphatic rings. The number of likely N-dealkylation sites (tertiary alicyclic amines) is 1. The van der Waals surface area contributed by atoms with E-state index in [0.717, 1.165) is 39.1 Å². The van der Waals surface area contributed by atoms with Gasteiger partial charge in [-0.2, -0.15) is 0 Å². The molecular weight excluding hydrogens is 499 g/mol. The first-order chi connectivity index (χ1) is 18.6. The number of hydrogen-bond acceptors (Lipinski definition) is 6. The number of anilines is 1. The summed E-state index contributed by atoms with van der Waals surface area (Å²) in [7, 11) is 0. The first-order valence-electron chi connectivity index (χ1n) is 14.0. The van der Waals surface area contributed by atoms with E-state index in [9.17, 15) is 19.3 Å². The van der Waals surface area contributed by atoms with Gasteiger partial charge in [-0.05, 0) is 48.2 Å². The minimum absolute atomic E-state index is 0.0151. The second-order valence-corrected chi connectivity index (χ2v) is 11.6. The van der Waals surface area contributed by atoms with Crippen molar-refractivity contribution in [3.8, 4) is 5.75 Å². The summed E-state index contributed by atoms with van der Waals surface area (Å²) in [4.78, 5) is 30.0. The fourth-order valence-electron chi connectivity index (χ4n) is 5.35. The molecule has 4 rings (SSSR count). The molecule has 0 radical (unpaired) electrons. The number of rotatable bonds is 9. The Bertz CT molecular complexity index is 1120. The average Bonchev–Trinajstić information content (AvgIpc) is 2.93. The van der Waals surface area contributed by atoms with Crippen molar-refractivity contribution in [2.45, 2.75) is 64.6 Å². The van der Waals surface area contributed by atoms with Crippen LogP contribution in [0.5, 0.6) is 5.75 Å². The third-order valence-corrected chi connectivity index (χ3v) is 7.82. The molecule has 2 aliphatic heterocycles. The number of piperazine rings is 1. The van der Waals surface area contributed by atoms with Crippen LogP contribution in [0.2, 0.25) is 0 Å². The Hall–Kier alpha value is -3.20. The summed E-state index contributed by atoms with van der Waals surface area (Å²) in [6.07, 6.45) is 2.68. The van der Waals surface area contributed by atoms with Gasteiger partial charge in [0, 0.05) is 70.3 Å². The quantitative estimate of drug-likeness (QED) is 0.316. The summed E-state index contributed by atoms with van der Waals surface area (Å²) < 4.78 is 19.1. The van der Waals surface area contributed by atoms with Gasteiger partial charge >= 0.3 is 0 Å². The molecule has 0 spiro atoms. The van der Waals surface area contributed by atoms with Crippen LogP contribution in [0.3, 0.4) is 0 Å². The molecule has 0 atom stereocenters. The number of halogens is 1. The van der Waals surface area contributed by atoms with Gasteiger partial charge in [-0.15, -0.1) is 0 Å². The molecule has 212 valence electrons. The number of amides is 1. The normalized spacial score (nSPS) is 17.3. The smallest absolute Gasteiger partial charge is 0.275 e. The first-order valence-corrected chi connectivity index (χ1v) is 14.0. The van der Waals surface area contributed by atoms with Crippen molar-refractivity contribution >= 4 is 17.3 Å². The van der Waals surface area contributed by atoms with E-state index in [2.05, 4.69) is 54.8 Å². The maximum atomic E-state index is 13.2. The molecule has 8 nitrogen and oxygen atoms in total. The predicted molar refractivity (Wildman–Crippen MR) is 151 cm³/mol. The number of carbonyl (C=O) groups excluding carboxylic acids is 1. The zero-order chi connectivity index (χ0) is 28.0. The third-order valence-electron chi connectivity index (χ3n) is 7.82. The first kappa shape index (κ1) is 28.8. The van der Waals surface area contributed by atoms with Crippen molar-refractivity contribution in [3.05, 3.63) is 63.7 Å². The number of alkyl halides is 1. The van der Waals surface area contributed by atoms with Gasteiger partial charge in [0.25, 0.3) is 5.69 Å². The van der Waals surface area contributed by atoms with Crippen molar-refractivity contribution in [2.75, 3.05) is 50.7 Å². The molecule has 0 unspecified atom stereocenters. The topological polar surface area (TPSA) is 79.2 Å². The van der Waals surface area contributed by atoms with E-state index < -0.39 is 11.6 Å². The number of hydrogen-bond donors (Lipinski definition) is 0. The Kier molecular flexibility index (Phi) is 9.43. The zero-order valence-electron chi connectivity index (χ0n) is 23.4. The number of nitro benzene ring substituents is 1. The molecule has 0 bridgehead atoms. The van der Waals surface area contributed by atoms with E-state index in [1.807, 2.05) is 4.90 Å². The Labute approximate surface area is 230 Å². The van der Waals surface area contributed by atoms with Gasteiger partial charge in [-0.1, -0.05) is 32.9 Å². The minimum atomic E-state index is -0.915. The highest BCUT2D eigenvalue weighted by molar-refractivity contribution is 5.76. The second-order valence-electron chi connectivity index (χ2n) is 11.6. The van der Waals surface area contributed by atoms with Crippen molar-refractivity contribution < 1.29 is 18.8 Å². The van der Waals surface area contributed by atoms with Gasteiger partial charge in [0.2, 0.25) is 5.91 Å². The summed E-state index contributed by atoms with van der Waals surface area (Å²) in [5, 5.41) is 11.0. The Morgan fingerprint density at radius 2 is 1.69 bits per heavy atom. The number of nitrogens with zero attached hydrogens (tertiary/aromatic N) is 4. The number of benzene rings is 2. The number of ether oxygens (including phenoxy) is 1. The van der Waals surface area contributed by atoms with Crippen LogP contribution < -0.4 is 9.64 Å². The number of piperidine rings is 1. The van der Waals surface area contributed by atoms with Crippen LogP contribution in [0, 0.1) is 10.1 Å². The van der Waals surface area contributed by atoms with Gasteiger partial charge in [0.1, 0.15) is 18.5 Å². The van der Waals surface area contributed by atoms with Gasteiger partial charge in [0.05, 0.1) is 10.5 Å². The molecule has 0 saturated carbocycles. The molecule has 2 fully saturated rings. The standard InChI is InChI=1S/C30H41FN4O4/c1-30(2,3)24-6-8-25(9-7-24)33-19-17-32(18-20-33)14-4-5-29(36)34-15-12-26(13-16-34)39-27-10-11-28(35(37)38)23(21-27)22-31/h6-11,21,26H,4-5,12-20,22H2,1-3H3. The predicted octanol–water partition coefficient (Wildman–Crippen LogP) is 5.33. The van der Waals surface area contributed by atoms with E-state index in [1.54, 1.807) is 0 Å². The lowest BCUT2D eigenvalue weighted by Crippen LogP contribution is -2.47. The Morgan fingerprint density at radius 1 is 1.03 bits per heavy atom. The molecule has 2 aromatic carbocycles. The molecule has 39 heavy (non-hydrogen) atoms. The highest BCUT2D eigenvalue weighted by Gasteiger charge is 2.25. The SMILES string of the molecule is CC(C)(C)c1ccc(N2CCN(CCCC(=O)N3CCC(Oc4ccc([N+](=O)[O-])c(CF)c4)CC3)CC2)cc1. The highest BCUT2D eigenvalue weighted by Crippen LogP contribution is 2.28. The van der Waals surface area contributed by atoms with E-state index in [4.69, 9.17) is 4.74 Å². The van der Waals surface area contributed by atoms with Crippen molar-refractivity contribution in [3.63, 3.8) is 0 Å². The maximum Gasteiger partial charge on any atom is 0.275 e. The zero-order valence-corrected chi connectivity index (χ0v) is 23.4. The molecule has 0 aliphatic carbocycles. The molecule has 9 heteroatoms. The monoisotopic (exact) mass is 540 g/mol. The molecule has 0 aromatic heterocycles. The highest BCUT2D eigenvalue weighted by atomic mass is 19.1. The summed E-state index contributed by atoms with van der Waals surface area (Å²) in [5.41, 5.74) is 2.57. The molecule has 0 N–H and O–H groups in total. The maximum absolute atomic E-state index is 13.2. The lowest BCUT2D eigenvalue weighted by atomic mass is 9.87. The number of nitro groups is 1. The van der Waals surface area contributed by atoms with E-state index in [0.29, 0.717) is 38.1 Å².